The second kappa shape index (κ2) is 6.02. The topological polar surface area (TPSA) is 44.6 Å². The molecule has 3 nitrogen and oxygen atoms in total. The zero-order valence-electron chi connectivity index (χ0n) is 9.27. The lowest BCUT2D eigenvalue weighted by Crippen LogP contribution is -1.91. The van der Waals surface area contributed by atoms with Gasteiger partial charge in [-0.15, -0.1) is 0 Å². The van der Waals surface area contributed by atoms with Crippen LogP contribution in [0, 0.1) is 0 Å². The Balaban J connectivity index is 2.10. The largest absolute Gasteiger partial charge is 0.507 e. The Morgan fingerprint density at radius 3 is 2.61 bits per heavy atom. The second-order valence-electron chi connectivity index (χ2n) is 3.58. The SMILES string of the molecule is Oc1ccc(Br)cc1C=NNc1cccc(Br)c1. The van der Waals surface area contributed by atoms with Crippen LogP contribution in [0.2, 0.25) is 0 Å². The highest BCUT2D eigenvalue weighted by Gasteiger charge is 1.98. The molecule has 0 amide bonds. The normalized spacial score (nSPS) is 10.8. The number of rotatable bonds is 3. The van der Waals surface area contributed by atoms with E-state index in [4.69, 9.17) is 0 Å². The minimum absolute atomic E-state index is 0.193. The van der Waals surface area contributed by atoms with Gasteiger partial charge in [0.2, 0.25) is 0 Å². The molecule has 2 N–H and O–H groups in total. The number of aromatic hydroxyl groups is 1. The van der Waals surface area contributed by atoms with Crippen LogP contribution in [-0.4, -0.2) is 11.3 Å². The fraction of sp³-hybridized carbons (Fsp3) is 0. The third-order valence-electron chi connectivity index (χ3n) is 2.21. The van der Waals surface area contributed by atoms with Crippen molar-refractivity contribution in [3.05, 3.63) is 57.0 Å². The molecule has 0 aliphatic heterocycles. The molecular weight excluding hydrogens is 360 g/mol. The summed E-state index contributed by atoms with van der Waals surface area (Å²) >= 11 is 6.73. The zero-order valence-corrected chi connectivity index (χ0v) is 12.4. The van der Waals surface area contributed by atoms with Gasteiger partial charge in [0.15, 0.2) is 0 Å². The van der Waals surface area contributed by atoms with Crippen molar-refractivity contribution in [1.82, 2.24) is 0 Å². The van der Waals surface area contributed by atoms with Gasteiger partial charge in [-0.05, 0) is 36.4 Å². The van der Waals surface area contributed by atoms with Crippen molar-refractivity contribution < 1.29 is 5.11 Å². The van der Waals surface area contributed by atoms with Gasteiger partial charge in [-0.1, -0.05) is 37.9 Å². The van der Waals surface area contributed by atoms with Crippen molar-refractivity contribution >= 4 is 43.8 Å². The van der Waals surface area contributed by atoms with Crippen LogP contribution in [0.4, 0.5) is 5.69 Å². The summed E-state index contributed by atoms with van der Waals surface area (Å²) in [4.78, 5) is 0. The number of halogens is 2. The maximum atomic E-state index is 9.63. The van der Waals surface area contributed by atoms with Crippen LogP contribution in [0.15, 0.2) is 56.5 Å². The summed E-state index contributed by atoms with van der Waals surface area (Å²) in [5.74, 6) is 0.193. The third kappa shape index (κ3) is 3.58. The molecule has 0 radical (unpaired) electrons. The van der Waals surface area contributed by atoms with E-state index in [9.17, 15) is 5.11 Å². The first-order chi connectivity index (χ1) is 8.65. The van der Waals surface area contributed by atoms with Crippen molar-refractivity contribution in [3.63, 3.8) is 0 Å². The number of phenols is 1. The first kappa shape index (κ1) is 13.1. The lowest BCUT2D eigenvalue weighted by Gasteiger charge is -2.01. The van der Waals surface area contributed by atoms with Gasteiger partial charge in [-0.3, -0.25) is 5.43 Å². The summed E-state index contributed by atoms with van der Waals surface area (Å²) in [7, 11) is 0. The van der Waals surface area contributed by atoms with Crippen LogP contribution in [0.3, 0.4) is 0 Å². The Morgan fingerprint density at radius 1 is 1.06 bits per heavy atom. The Hall–Kier alpha value is -1.33. The predicted molar refractivity (Wildman–Crippen MR) is 81.2 cm³/mol. The molecule has 0 aliphatic carbocycles. The fourth-order valence-electron chi connectivity index (χ4n) is 1.36. The van der Waals surface area contributed by atoms with Crippen molar-refractivity contribution in [2.75, 3.05) is 5.43 Å². The monoisotopic (exact) mass is 368 g/mol. The molecule has 0 aliphatic rings. The first-order valence-corrected chi connectivity index (χ1v) is 6.77. The predicted octanol–water partition coefficient (Wildman–Crippen LogP) is 4.36. The molecule has 0 aromatic heterocycles. The van der Waals surface area contributed by atoms with E-state index in [1.165, 1.54) is 0 Å². The molecule has 0 atom stereocenters. The smallest absolute Gasteiger partial charge is 0.124 e. The second-order valence-corrected chi connectivity index (χ2v) is 5.41. The molecular formula is C13H10Br2N2O. The van der Waals surface area contributed by atoms with Crippen molar-refractivity contribution in [2.24, 2.45) is 5.10 Å². The third-order valence-corrected chi connectivity index (χ3v) is 3.20. The van der Waals surface area contributed by atoms with Crippen LogP contribution < -0.4 is 5.43 Å². The summed E-state index contributed by atoms with van der Waals surface area (Å²) in [5, 5.41) is 13.7. The van der Waals surface area contributed by atoms with Crippen LogP contribution in [0.25, 0.3) is 0 Å². The highest BCUT2D eigenvalue weighted by molar-refractivity contribution is 9.10. The lowest BCUT2D eigenvalue weighted by atomic mass is 10.2. The summed E-state index contributed by atoms with van der Waals surface area (Å²) in [6.07, 6.45) is 1.57. The average molecular weight is 370 g/mol. The number of benzene rings is 2. The van der Waals surface area contributed by atoms with Gasteiger partial charge >= 0.3 is 0 Å². The van der Waals surface area contributed by atoms with Crippen molar-refractivity contribution in [2.45, 2.75) is 0 Å². The summed E-state index contributed by atoms with van der Waals surface area (Å²) < 4.78 is 1.87. The van der Waals surface area contributed by atoms with E-state index < -0.39 is 0 Å². The van der Waals surface area contributed by atoms with Crippen LogP contribution in [0.1, 0.15) is 5.56 Å². The molecule has 0 fully saturated rings. The molecule has 2 rings (SSSR count). The number of nitrogens with zero attached hydrogens (tertiary/aromatic N) is 1. The number of hydrazone groups is 1. The van der Waals surface area contributed by atoms with Crippen molar-refractivity contribution in [3.8, 4) is 5.75 Å². The number of hydrogen-bond donors (Lipinski definition) is 2. The van der Waals surface area contributed by atoms with Crippen LogP contribution in [0.5, 0.6) is 5.75 Å². The molecule has 0 unspecified atom stereocenters. The fourth-order valence-corrected chi connectivity index (χ4v) is 2.14. The number of nitrogens with one attached hydrogen (secondary N) is 1. The van der Waals surface area contributed by atoms with Gasteiger partial charge in [-0.25, -0.2) is 0 Å². The van der Waals surface area contributed by atoms with E-state index in [-0.39, 0.29) is 5.75 Å². The van der Waals surface area contributed by atoms with Gasteiger partial charge in [0, 0.05) is 14.5 Å². The minimum atomic E-state index is 0.193. The summed E-state index contributed by atoms with van der Waals surface area (Å²) in [5.41, 5.74) is 4.41. The molecule has 92 valence electrons. The van der Waals surface area contributed by atoms with E-state index >= 15 is 0 Å². The molecule has 0 bridgehead atoms. The molecule has 2 aromatic rings. The molecule has 5 heteroatoms. The van der Waals surface area contributed by atoms with E-state index in [1.54, 1.807) is 24.4 Å². The molecule has 0 heterocycles. The van der Waals surface area contributed by atoms with Crippen LogP contribution >= 0.6 is 31.9 Å². The zero-order chi connectivity index (χ0) is 13.0. The Bertz CT molecular complexity index is 585. The quantitative estimate of drug-likeness (QED) is 0.623. The van der Waals surface area contributed by atoms with Crippen molar-refractivity contribution in [1.29, 1.82) is 0 Å². The standard InChI is InChI=1S/C13H10Br2N2O/c14-10-2-1-3-12(7-10)17-16-8-9-6-11(15)4-5-13(9)18/h1-8,17-18H. The summed E-state index contributed by atoms with van der Waals surface area (Å²) in [6, 6.07) is 12.9. The van der Waals surface area contributed by atoms with Gasteiger partial charge < -0.3 is 5.11 Å². The molecule has 0 saturated carbocycles. The highest BCUT2D eigenvalue weighted by Crippen LogP contribution is 2.20. The van der Waals surface area contributed by atoms with E-state index in [0.29, 0.717) is 5.56 Å². The average Bonchev–Trinajstić information content (AvgIpc) is 2.34. The highest BCUT2D eigenvalue weighted by atomic mass is 79.9. The van der Waals surface area contributed by atoms with Gasteiger partial charge in [0.25, 0.3) is 0 Å². The Labute approximate surface area is 122 Å². The molecule has 2 aromatic carbocycles. The van der Waals surface area contributed by atoms with Gasteiger partial charge in [-0.2, -0.15) is 5.10 Å². The maximum absolute atomic E-state index is 9.63. The molecule has 18 heavy (non-hydrogen) atoms. The van der Waals surface area contributed by atoms with E-state index in [0.717, 1.165) is 14.6 Å². The minimum Gasteiger partial charge on any atom is -0.507 e. The van der Waals surface area contributed by atoms with Gasteiger partial charge in [0.05, 0.1) is 11.9 Å². The first-order valence-electron chi connectivity index (χ1n) is 5.18. The van der Waals surface area contributed by atoms with E-state index in [1.807, 2.05) is 24.3 Å². The Kier molecular flexibility index (Phi) is 4.38. The van der Waals surface area contributed by atoms with Gasteiger partial charge in [0.1, 0.15) is 5.75 Å². The lowest BCUT2D eigenvalue weighted by molar-refractivity contribution is 0.474. The number of anilines is 1. The maximum Gasteiger partial charge on any atom is 0.124 e. The number of phenolic OH excluding ortho intramolecular Hbond substituents is 1. The molecule has 0 spiro atoms. The van der Waals surface area contributed by atoms with E-state index in [2.05, 4.69) is 42.4 Å². The summed E-state index contributed by atoms with van der Waals surface area (Å²) in [6.45, 7) is 0. The number of hydrogen-bond acceptors (Lipinski definition) is 3. The Morgan fingerprint density at radius 2 is 1.83 bits per heavy atom. The van der Waals surface area contributed by atoms with Crippen LogP contribution in [-0.2, 0) is 0 Å². The molecule has 0 saturated heterocycles.